The quantitative estimate of drug-likeness (QED) is 0.793. The number of benzene rings is 1. The van der Waals surface area contributed by atoms with Gasteiger partial charge in [0.2, 0.25) is 0 Å². The van der Waals surface area contributed by atoms with E-state index in [0.29, 0.717) is 0 Å². The monoisotopic (exact) mass is 300 g/mol. The molecule has 0 aromatic heterocycles. The Hall–Kier alpha value is -0.810. The van der Waals surface area contributed by atoms with Crippen molar-refractivity contribution in [3.05, 3.63) is 29.8 Å². The number of aromatic hydroxyl groups is 1. The van der Waals surface area contributed by atoms with E-state index in [1.807, 2.05) is 12.1 Å². The highest BCUT2D eigenvalue weighted by molar-refractivity contribution is 5.85. The lowest BCUT2D eigenvalue weighted by molar-refractivity contribution is 0.0305. The molecule has 4 nitrogen and oxygen atoms in total. The van der Waals surface area contributed by atoms with Crippen LogP contribution in [0.1, 0.15) is 25.5 Å². The summed E-state index contributed by atoms with van der Waals surface area (Å²) in [6.45, 7) is 8.25. The summed E-state index contributed by atoms with van der Waals surface area (Å²) in [5.41, 5.74) is 0.938. The van der Waals surface area contributed by atoms with Crippen LogP contribution in [0.2, 0.25) is 0 Å². The van der Waals surface area contributed by atoms with Gasteiger partial charge in [0.15, 0.2) is 0 Å². The third kappa shape index (κ3) is 3.85. The van der Waals surface area contributed by atoms with Crippen LogP contribution in [0, 0.1) is 5.41 Å². The van der Waals surface area contributed by atoms with Crippen LogP contribution in [0.3, 0.4) is 0 Å². The Bertz CT molecular complexity index is 403. The zero-order chi connectivity index (χ0) is 13.9. The highest BCUT2D eigenvalue weighted by Crippen LogP contribution is 2.38. The minimum Gasteiger partial charge on any atom is -0.508 e. The second-order valence-corrected chi connectivity index (χ2v) is 5.93. The number of aliphatic hydroxyl groups is 1. The van der Waals surface area contributed by atoms with Crippen molar-refractivity contribution in [2.45, 2.75) is 19.9 Å². The summed E-state index contributed by atoms with van der Waals surface area (Å²) in [5, 5.41) is 22.5. The molecule has 1 aliphatic heterocycles. The SMILES string of the molecule is CC(C)(CO)[C@H](c1ccc(O)cc1)N1CCNCC1.Cl. The van der Waals surface area contributed by atoms with E-state index in [4.69, 9.17) is 0 Å². The number of hydrogen-bond donors (Lipinski definition) is 3. The highest BCUT2D eigenvalue weighted by atomic mass is 35.5. The van der Waals surface area contributed by atoms with Gasteiger partial charge >= 0.3 is 0 Å². The van der Waals surface area contributed by atoms with E-state index in [1.54, 1.807) is 12.1 Å². The maximum Gasteiger partial charge on any atom is 0.115 e. The lowest BCUT2D eigenvalue weighted by Gasteiger charge is -2.43. The minimum absolute atomic E-state index is 0. The first kappa shape index (κ1) is 17.2. The zero-order valence-corrected chi connectivity index (χ0v) is 13.0. The van der Waals surface area contributed by atoms with Gasteiger partial charge in [-0.25, -0.2) is 0 Å². The molecule has 1 aromatic carbocycles. The minimum atomic E-state index is -0.214. The standard InChI is InChI=1S/C15H24N2O2.ClH/c1-15(2,11-18)14(17-9-7-16-8-10-17)12-3-5-13(19)6-4-12;/h3-6,14,16,18-19H,7-11H2,1-2H3;1H/t14-;/m0./s1. The normalized spacial score (nSPS) is 18.4. The molecule has 1 fully saturated rings. The van der Waals surface area contributed by atoms with E-state index in [9.17, 15) is 10.2 Å². The number of phenolic OH excluding ortho intramolecular Hbond substituents is 1. The smallest absolute Gasteiger partial charge is 0.115 e. The molecule has 5 heteroatoms. The van der Waals surface area contributed by atoms with Gasteiger partial charge in [0.05, 0.1) is 0 Å². The Labute approximate surface area is 127 Å². The molecule has 1 saturated heterocycles. The first-order valence-electron chi connectivity index (χ1n) is 6.89. The van der Waals surface area contributed by atoms with Crippen LogP contribution in [-0.2, 0) is 0 Å². The fourth-order valence-electron chi connectivity index (χ4n) is 2.84. The Kier molecular flexibility index (Phi) is 6.27. The Balaban J connectivity index is 0.00000200. The van der Waals surface area contributed by atoms with E-state index in [-0.39, 0.29) is 36.2 Å². The van der Waals surface area contributed by atoms with Gasteiger partial charge in [-0.2, -0.15) is 0 Å². The predicted octanol–water partition coefficient (Wildman–Crippen LogP) is 1.78. The summed E-state index contributed by atoms with van der Waals surface area (Å²) in [5.74, 6) is 0.282. The van der Waals surface area contributed by atoms with E-state index in [1.165, 1.54) is 0 Å². The first-order chi connectivity index (χ1) is 9.04. The first-order valence-corrected chi connectivity index (χ1v) is 6.89. The summed E-state index contributed by atoms with van der Waals surface area (Å²) in [6.07, 6.45) is 0. The molecule has 114 valence electrons. The number of phenols is 1. The van der Waals surface area contributed by atoms with Crippen molar-refractivity contribution >= 4 is 12.4 Å². The van der Waals surface area contributed by atoms with Crippen LogP contribution in [0.5, 0.6) is 5.75 Å². The zero-order valence-electron chi connectivity index (χ0n) is 12.2. The van der Waals surface area contributed by atoms with Crippen LogP contribution in [0.4, 0.5) is 0 Å². The molecule has 0 saturated carbocycles. The van der Waals surface area contributed by atoms with E-state index >= 15 is 0 Å². The fraction of sp³-hybridized carbons (Fsp3) is 0.600. The molecule has 2 rings (SSSR count). The van der Waals surface area contributed by atoms with Gasteiger partial charge in [0, 0.05) is 44.2 Å². The Morgan fingerprint density at radius 1 is 1.20 bits per heavy atom. The van der Waals surface area contributed by atoms with Crippen molar-refractivity contribution in [1.82, 2.24) is 10.2 Å². The van der Waals surface area contributed by atoms with Gasteiger partial charge in [-0.05, 0) is 17.7 Å². The summed E-state index contributed by atoms with van der Waals surface area (Å²) in [7, 11) is 0. The summed E-state index contributed by atoms with van der Waals surface area (Å²) >= 11 is 0. The number of nitrogens with one attached hydrogen (secondary N) is 1. The van der Waals surface area contributed by atoms with Crippen molar-refractivity contribution in [3.63, 3.8) is 0 Å². The number of hydrogen-bond acceptors (Lipinski definition) is 4. The second-order valence-electron chi connectivity index (χ2n) is 5.93. The third-order valence-electron chi connectivity index (χ3n) is 3.87. The molecule has 1 atom stereocenters. The van der Waals surface area contributed by atoms with E-state index < -0.39 is 0 Å². The van der Waals surface area contributed by atoms with Gasteiger partial charge in [0.1, 0.15) is 5.75 Å². The van der Waals surface area contributed by atoms with Crippen molar-refractivity contribution in [2.24, 2.45) is 5.41 Å². The molecule has 1 aromatic rings. The maximum atomic E-state index is 9.72. The van der Waals surface area contributed by atoms with Crippen molar-refractivity contribution < 1.29 is 10.2 Å². The fourth-order valence-corrected chi connectivity index (χ4v) is 2.84. The van der Waals surface area contributed by atoms with Crippen molar-refractivity contribution in [2.75, 3.05) is 32.8 Å². The predicted molar refractivity (Wildman–Crippen MR) is 83.4 cm³/mol. The van der Waals surface area contributed by atoms with Gasteiger partial charge in [0.25, 0.3) is 0 Å². The Morgan fingerprint density at radius 3 is 2.25 bits per heavy atom. The average molecular weight is 301 g/mol. The number of nitrogens with zero attached hydrogens (tertiary/aromatic N) is 1. The van der Waals surface area contributed by atoms with Crippen molar-refractivity contribution in [3.8, 4) is 5.75 Å². The molecule has 0 bridgehead atoms. The van der Waals surface area contributed by atoms with Crippen LogP contribution in [0.15, 0.2) is 24.3 Å². The topological polar surface area (TPSA) is 55.7 Å². The van der Waals surface area contributed by atoms with Gasteiger partial charge < -0.3 is 15.5 Å². The molecule has 0 aliphatic carbocycles. The molecule has 0 amide bonds. The largest absolute Gasteiger partial charge is 0.508 e. The molecule has 1 aliphatic rings. The average Bonchev–Trinajstić information content (AvgIpc) is 2.42. The van der Waals surface area contributed by atoms with E-state index in [2.05, 4.69) is 24.1 Å². The number of aliphatic hydroxyl groups excluding tert-OH is 1. The van der Waals surface area contributed by atoms with Gasteiger partial charge in [-0.15, -0.1) is 12.4 Å². The van der Waals surface area contributed by atoms with Gasteiger partial charge in [-0.3, -0.25) is 4.90 Å². The molecule has 1 heterocycles. The molecule has 0 radical (unpaired) electrons. The number of piperazine rings is 1. The molecular weight excluding hydrogens is 276 g/mol. The molecule has 0 spiro atoms. The Morgan fingerprint density at radius 2 is 1.75 bits per heavy atom. The third-order valence-corrected chi connectivity index (χ3v) is 3.87. The number of rotatable bonds is 4. The van der Waals surface area contributed by atoms with Crippen LogP contribution in [0.25, 0.3) is 0 Å². The second kappa shape index (κ2) is 7.27. The molecule has 0 unspecified atom stereocenters. The molecular formula is C15H25ClN2O2. The van der Waals surface area contributed by atoms with Gasteiger partial charge in [-0.1, -0.05) is 26.0 Å². The lowest BCUT2D eigenvalue weighted by Crippen LogP contribution is -2.49. The number of halogens is 1. The maximum absolute atomic E-state index is 9.72. The summed E-state index contributed by atoms with van der Waals surface area (Å²) in [6, 6.07) is 7.52. The van der Waals surface area contributed by atoms with E-state index in [0.717, 1.165) is 31.7 Å². The van der Waals surface area contributed by atoms with Crippen LogP contribution >= 0.6 is 12.4 Å². The highest BCUT2D eigenvalue weighted by Gasteiger charge is 2.35. The lowest BCUT2D eigenvalue weighted by atomic mass is 9.79. The summed E-state index contributed by atoms with van der Waals surface area (Å²) < 4.78 is 0. The summed E-state index contributed by atoms with van der Waals surface area (Å²) in [4.78, 5) is 2.42. The molecule has 3 N–H and O–H groups in total. The van der Waals surface area contributed by atoms with Crippen molar-refractivity contribution in [1.29, 1.82) is 0 Å². The van der Waals surface area contributed by atoms with Crippen LogP contribution < -0.4 is 5.32 Å². The van der Waals surface area contributed by atoms with Crippen LogP contribution in [-0.4, -0.2) is 47.9 Å². The molecule has 20 heavy (non-hydrogen) atoms.